The van der Waals surface area contributed by atoms with Gasteiger partial charge in [-0.2, -0.15) is 0 Å². The first-order valence-corrected chi connectivity index (χ1v) is 5.05. The number of methoxy groups -OCH3 is 1. The van der Waals surface area contributed by atoms with Crippen molar-refractivity contribution in [1.82, 2.24) is 9.97 Å². The summed E-state index contributed by atoms with van der Waals surface area (Å²) in [6, 6.07) is 0. The molecule has 0 atom stereocenters. The van der Waals surface area contributed by atoms with Crippen LogP contribution >= 0.6 is 22.7 Å². The number of aromatic nitrogens is 2. The fourth-order valence-corrected chi connectivity index (χ4v) is 2.36. The van der Waals surface area contributed by atoms with E-state index in [-0.39, 0.29) is 0 Å². The van der Waals surface area contributed by atoms with E-state index in [4.69, 9.17) is 4.74 Å². The lowest BCUT2D eigenvalue weighted by atomic mass is 10.5. The minimum atomic E-state index is 0.662. The zero-order valence-electron chi connectivity index (χ0n) is 6.35. The van der Waals surface area contributed by atoms with Crippen LogP contribution in [0.1, 0.15) is 0 Å². The molecule has 0 amide bonds. The number of rotatable bonds is 2. The predicted octanol–water partition coefficient (Wildman–Crippen LogP) is 2.28. The van der Waals surface area contributed by atoms with Crippen LogP contribution in [0.5, 0.6) is 5.88 Å². The molecule has 0 spiro atoms. The molecule has 0 saturated heterocycles. The van der Waals surface area contributed by atoms with Gasteiger partial charge in [0.25, 0.3) is 0 Å². The lowest BCUT2D eigenvalue weighted by Crippen LogP contribution is -1.83. The highest BCUT2D eigenvalue weighted by atomic mass is 32.1. The maximum atomic E-state index is 5.08. The number of thiazole rings is 2. The molecule has 0 aliphatic heterocycles. The van der Waals surface area contributed by atoms with Gasteiger partial charge in [-0.25, -0.2) is 9.97 Å². The lowest BCUT2D eigenvalue weighted by Gasteiger charge is -1.94. The van der Waals surface area contributed by atoms with Crippen molar-refractivity contribution in [2.75, 3.05) is 7.11 Å². The zero-order chi connectivity index (χ0) is 8.39. The van der Waals surface area contributed by atoms with Crippen molar-refractivity contribution in [3.8, 4) is 15.8 Å². The molecular formula is C7H6N2OS2. The molecular weight excluding hydrogens is 192 g/mol. The molecule has 2 aromatic rings. The summed E-state index contributed by atoms with van der Waals surface area (Å²) < 4.78 is 5.08. The number of hydrogen-bond donors (Lipinski definition) is 0. The van der Waals surface area contributed by atoms with E-state index in [1.807, 2.05) is 5.38 Å². The first-order chi connectivity index (χ1) is 5.92. The Kier molecular flexibility index (Phi) is 2.05. The second-order valence-corrected chi connectivity index (χ2v) is 3.78. The van der Waals surface area contributed by atoms with Gasteiger partial charge in [0, 0.05) is 11.6 Å². The Labute approximate surface area is 77.7 Å². The summed E-state index contributed by atoms with van der Waals surface area (Å²) >= 11 is 3.13. The fraction of sp³-hybridized carbons (Fsp3) is 0.143. The molecule has 3 nitrogen and oxygen atoms in total. The number of nitrogens with zero attached hydrogens (tertiary/aromatic N) is 2. The van der Waals surface area contributed by atoms with E-state index in [1.165, 1.54) is 0 Å². The first-order valence-electron chi connectivity index (χ1n) is 3.29. The molecule has 0 bridgehead atoms. The summed E-state index contributed by atoms with van der Waals surface area (Å²) in [5.41, 5.74) is 1.76. The second-order valence-electron chi connectivity index (χ2n) is 2.03. The fourth-order valence-electron chi connectivity index (χ4n) is 0.859. The Balaban J connectivity index is 2.46. The predicted molar refractivity (Wildman–Crippen MR) is 49.8 cm³/mol. The van der Waals surface area contributed by atoms with Crippen LogP contribution in [-0.4, -0.2) is 17.1 Å². The van der Waals surface area contributed by atoms with Gasteiger partial charge in [0.2, 0.25) is 5.88 Å². The van der Waals surface area contributed by atoms with Gasteiger partial charge in [0.05, 0.1) is 12.6 Å². The summed E-state index contributed by atoms with van der Waals surface area (Å²) in [5, 5.41) is 2.91. The molecule has 0 saturated carbocycles. The van der Waals surface area contributed by atoms with E-state index in [2.05, 4.69) is 9.97 Å². The van der Waals surface area contributed by atoms with Gasteiger partial charge in [-0.15, -0.1) is 22.7 Å². The zero-order valence-corrected chi connectivity index (χ0v) is 7.98. The Bertz CT molecular complexity index is 355. The van der Waals surface area contributed by atoms with Crippen molar-refractivity contribution in [1.29, 1.82) is 0 Å². The van der Waals surface area contributed by atoms with Crippen LogP contribution in [0.15, 0.2) is 17.1 Å². The molecule has 2 aromatic heterocycles. The molecule has 0 aliphatic rings. The van der Waals surface area contributed by atoms with Crippen molar-refractivity contribution >= 4 is 22.7 Å². The molecule has 0 unspecified atom stereocenters. The van der Waals surface area contributed by atoms with Crippen LogP contribution in [-0.2, 0) is 0 Å². The topological polar surface area (TPSA) is 35.0 Å². The summed E-state index contributed by atoms with van der Waals surface area (Å²) in [4.78, 5) is 9.24. The average molecular weight is 198 g/mol. The Morgan fingerprint density at radius 1 is 1.33 bits per heavy atom. The minimum absolute atomic E-state index is 0.662. The second kappa shape index (κ2) is 3.20. The Morgan fingerprint density at radius 2 is 2.25 bits per heavy atom. The molecule has 0 aliphatic carbocycles. The molecule has 5 heteroatoms. The van der Waals surface area contributed by atoms with Gasteiger partial charge in [0.15, 0.2) is 0 Å². The van der Waals surface area contributed by atoms with E-state index in [0.29, 0.717) is 5.88 Å². The highest BCUT2D eigenvalue weighted by Crippen LogP contribution is 2.33. The maximum Gasteiger partial charge on any atom is 0.234 e. The molecule has 0 N–H and O–H groups in total. The third kappa shape index (κ3) is 1.21. The molecule has 0 radical (unpaired) electrons. The lowest BCUT2D eigenvalue weighted by molar-refractivity contribution is 0.402. The van der Waals surface area contributed by atoms with Crippen molar-refractivity contribution in [2.24, 2.45) is 0 Å². The van der Waals surface area contributed by atoms with Crippen molar-refractivity contribution in [2.45, 2.75) is 0 Å². The molecule has 62 valence electrons. The van der Waals surface area contributed by atoms with E-state index in [9.17, 15) is 0 Å². The monoisotopic (exact) mass is 198 g/mol. The summed E-state index contributed by atoms with van der Waals surface area (Å²) in [6.07, 6.45) is 1.78. The molecule has 2 rings (SSSR count). The van der Waals surface area contributed by atoms with E-state index in [0.717, 1.165) is 9.88 Å². The SMILES string of the molecule is COc1ncsc1-c1nccs1. The van der Waals surface area contributed by atoms with Crippen LogP contribution in [0, 0.1) is 0 Å². The van der Waals surface area contributed by atoms with Crippen LogP contribution < -0.4 is 4.74 Å². The first kappa shape index (κ1) is 7.70. The van der Waals surface area contributed by atoms with Crippen LogP contribution in [0.3, 0.4) is 0 Å². The van der Waals surface area contributed by atoms with Gasteiger partial charge in [-0.05, 0) is 0 Å². The van der Waals surface area contributed by atoms with Gasteiger partial charge in [0.1, 0.15) is 9.88 Å². The quantitative estimate of drug-likeness (QED) is 0.742. The van der Waals surface area contributed by atoms with Crippen molar-refractivity contribution < 1.29 is 4.74 Å². The number of hydrogen-bond acceptors (Lipinski definition) is 5. The highest BCUT2D eigenvalue weighted by Gasteiger charge is 2.10. The highest BCUT2D eigenvalue weighted by molar-refractivity contribution is 7.20. The Hall–Kier alpha value is -0.940. The van der Waals surface area contributed by atoms with Crippen LogP contribution in [0.4, 0.5) is 0 Å². The maximum absolute atomic E-state index is 5.08. The smallest absolute Gasteiger partial charge is 0.234 e. The molecule has 12 heavy (non-hydrogen) atoms. The molecule has 0 fully saturated rings. The summed E-state index contributed by atoms with van der Waals surface area (Å²) in [6.45, 7) is 0. The largest absolute Gasteiger partial charge is 0.480 e. The van der Waals surface area contributed by atoms with Crippen molar-refractivity contribution in [3.63, 3.8) is 0 Å². The summed E-state index contributed by atoms with van der Waals surface area (Å²) in [7, 11) is 1.62. The van der Waals surface area contributed by atoms with Gasteiger partial charge in [-0.1, -0.05) is 0 Å². The average Bonchev–Trinajstić information content (AvgIpc) is 2.74. The third-order valence-corrected chi connectivity index (χ3v) is 3.09. The summed E-state index contributed by atoms with van der Waals surface area (Å²) in [5.74, 6) is 0.662. The van der Waals surface area contributed by atoms with Gasteiger partial charge < -0.3 is 4.74 Å². The number of ether oxygens (including phenoxy) is 1. The Morgan fingerprint density at radius 3 is 2.92 bits per heavy atom. The standard InChI is InChI=1S/C7H6N2OS2/c1-10-6-5(12-4-9-6)7-8-2-3-11-7/h2-4H,1H3. The molecule has 0 aromatic carbocycles. The molecule has 2 heterocycles. The van der Waals surface area contributed by atoms with E-state index >= 15 is 0 Å². The van der Waals surface area contributed by atoms with Crippen LogP contribution in [0.2, 0.25) is 0 Å². The van der Waals surface area contributed by atoms with Crippen LogP contribution in [0.25, 0.3) is 9.88 Å². The van der Waals surface area contributed by atoms with Gasteiger partial charge in [-0.3, -0.25) is 0 Å². The minimum Gasteiger partial charge on any atom is -0.480 e. The third-order valence-electron chi connectivity index (χ3n) is 1.35. The van der Waals surface area contributed by atoms with Gasteiger partial charge >= 0.3 is 0 Å². The van der Waals surface area contributed by atoms with Crippen molar-refractivity contribution in [3.05, 3.63) is 17.1 Å². The normalized spacial score (nSPS) is 10.1. The van der Waals surface area contributed by atoms with E-state index in [1.54, 1.807) is 41.5 Å². The van der Waals surface area contributed by atoms with E-state index < -0.39 is 0 Å².